The molecule has 0 fully saturated rings. The Bertz CT molecular complexity index is 461. The Morgan fingerprint density at radius 1 is 1.00 bits per heavy atom. The Labute approximate surface area is 166 Å². The molecule has 0 saturated heterocycles. The molecule has 0 spiro atoms. The summed E-state index contributed by atoms with van der Waals surface area (Å²) in [5.74, 6) is 2.44. The van der Waals surface area contributed by atoms with Gasteiger partial charge in [-0.25, -0.2) is 4.79 Å². The van der Waals surface area contributed by atoms with E-state index in [1.807, 2.05) is 0 Å². The maximum atomic E-state index is 12.2. The van der Waals surface area contributed by atoms with E-state index in [4.69, 9.17) is 39.6 Å². The molecule has 0 saturated carbocycles. The number of methoxy groups -OCH3 is 3. The van der Waals surface area contributed by atoms with Crippen LogP contribution < -0.4 is 5.32 Å². The number of amides is 1. The number of terminal acetylenes is 1. The van der Waals surface area contributed by atoms with Crippen molar-refractivity contribution in [1.29, 1.82) is 0 Å². The number of ether oxygens (including phenoxy) is 7. The van der Waals surface area contributed by atoms with E-state index < -0.39 is 42.7 Å². The Morgan fingerprint density at radius 3 is 1.93 bits per heavy atom. The lowest BCUT2D eigenvalue weighted by atomic mass is 10.0. The van der Waals surface area contributed by atoms with E-state index in [1.165, 1.54) is 21.3 Å². The van der Waals surface area contributed by atoms with E-state index in [0.717, 1.165) is 0 Å². The molecule has 2 N–H and O–H groups in total. The highest BCUT2D eigenvalue weighted by Gasteiger charge is 2.38. The van der Waals surface area contributed by atoms with Gasteiger partial charge in [0, 0.05) is 21.3 Å². The summed E-state index contributed by atoms with van der Waals surface area (Å²) in [6, 6.07) is -0.936. The van der Waals surface area contributed by atoms with Crippen molar-refractivity contribution in [2.24, 2.45) is 0 Å². The van der Waals surface area contributed by atoms with Gasteiger partial charge in [-0.1, -0.05) is 5.92 Å². The molecule has 0 heterocycles. The Hall–Kier alpha value is -1.45. The molecule has 0 aliphatic rings. The topological polar surface area (TPSA) is 114 Å². The van der Waals surface area contributed by atoms with Gasteiger partial charge >= 0.3 is 6.09 Å². The molecule has 164 valence electrons. The number of carbonyl (C=O) groups excluding carboxylic acids is 1. The third kappa shape index (κ3) is 10.8. The van der Waals surface area contributed by atoms with Gasteiger partial charge in [0.1, 0.15) is 44.3 Å². The number of nitrogens with one attached hydrogen (secondary N) is 1. The first-order valence-electron chi connectivity index (χ1n) is 8.62. The second kappa shape index (κ2) is 14.5. The van der Waals surface area contributed by atoms with E-state index >= 15 is 0 Å². The molecule has 28 heavy (non-hydrogen) atoms. The number of aliphatic hydroxyl groups is 1. The first-order chi connectivity index (χ1) is 13.2. The minimum atomic E-state index is -0.953. The molecular weight excluding hydrogens is 374 g/mol. The molecule has 0 aromatic rings. The fourth-order valence-corrected chi connectivity index (χ4v) is 2.16. The largest absolute Gasteiger partial charge is 0.444 e. The van der Waals surface area contributed by atoms with Gasteiger partial charge in [0.05, 0.1) is 12.6 Å². The van der Waals surface area contributed by atoms with Gasteiger partial charge < -0.3 is 43.6 Å². The number of hydrogen-bond acceptors (Lipinski definition) is 9. The highest BCUT2D eigenvalue weighted by atomic mass is 16.7. The number of alkyl carbamates (subject to hydrolysis) is 1. The van der Waals surface area contributed by atoms with Crippen molar-refractivity contribution >= 4 is 6.09 Å². The summed E-state index contributed by atoms with van der Waals surface area (Å²) in [7, 11) is 4.31. The lowest BCUT2D eigenvalue weighted by Crippen LogP contribution is -2.56. The Morgan fingerprint density at radius 2 is 1.50 bits per heavy atom. The van der Waals surface area contributed by atoms with Gasteiger partial charge in [-0.2, -0.15) is 0 Å². The van der Waals surface area contributed by atoms with Crippen molar-refractivity contribution in [1.82, 2.24) is 5.32 Å². The van der Waals surface area contributed by atoms with Crippen molar-refractivity contribution in [2.75, 3.05) is 48.3 Å². The van der Waals surface area contributed by atoms with Crippen molar-refractivity contribution in [3.63, 3.8) is 0 Å². The van der Waals surface area contributed by atoms with Crippen LogP contribution in [0, 0.1) is 12.3 Å². The molecule has 10 nitrogen and oxygen atoms in total. The van der Waals surface area contributed by atoms with Crippen LogP contribution in [0.4, 0.5) is 4.79 Å². The normalized spacial score (nSPS) is 15.9. The standard InChI is InChI=1S/C18H33NO9/c1-8-14(25-10-22-5)16(27-12-24-7)15(26-11-23-6)13(9-20)19-17(21)28-18(2,3)4/h1,13-16,20H,9-12H2,2-7H3,(H,19,21)/t13-,14+,15-,16-/m0/s1. The smallest absolute Gasteiger partial charge is 0.408 e. The fourth-order valence-electron chi connectivity index (χ4n) is 2.16. The van der Waals surface area contributed by atoms with E-state index in [0.29, 0.717) is 0 Å². The molecule has 0 aromatic heterocycles. The van der Waals surface area contributed by atoms with Crippen LogP contribution in [0.1, 0.15) is 20.8 Å². The molecule has 10 heteroatoms. The lowest BCUT2D eigenvalue weighted by Gasteiger charge is -2.35. The number of rotatable bonds is 14. The van der Waals surface area contributed by atoms with Gasteiger partial charge in [-0.15, -0.1) is 6.42 Å². The van der Waals surface area contributed by atoms with Gasteiger partial charge in [0.2, 0.25) is 0 Å². The van der Waals surface area contributed by atoms with Crippen LogP contribution in [0.15, 0.2) is 0 Å². The van der Waals surface area contributed by atoms with Gasteiger partial charge in [0.25, 0.3) is 0 Å². The van der Waals surface area contributed by atoms with Crippen molar-refractivity contribution in [3.8, 4) is 12.3 Å². The zero-order valence-corrected chi connectivity index (χ0v) is 17.4. The summed E-state index contributed by atoms with van der Waals surface area (Å²) in [6.07, 6.45) is 2.02. The van der Waals surface area contributed by atoms with Crippen LogP contribution >= 0.6 is 0 Å². The van der Waals surface area contributed by atoms with E-state index in [-0.39, 0.29) is 20.4 Å². The van der Waals surface area contributed by atoms with E-state index in [2.05, 4.69) is 11.2 Å². The van der Waals surface area contributed by atoms with Crippen LogP contribution in [0.25, 0.3) is 0 Å². The first kappa shape index (κ1) is 26.6. The van der Waals surface area contributed by atoms with Gasteiger partial charge in [0.15, 0.2) is 0 Å². The average Bonchev–Trinajstić information content (AvgIpc) is 2.63. The fraction of sp³-hybridized carbons (Fsp3) is 0.833. The molecule has 4 atom stereocenters. The minimum absolute atomic E-state index is 0.0952. The monoisotopic (exact) mass is 407 g/mol. The molecule has 0 rings (SSSR count). The number of carbonyl (C=O) groups is 1. The summed E-state index contributed by atoms with van der Waals surface area (Å²) in [5, 5.41) is 12.4. The Balaban J connectivity index is 5.57. The highest BCUT2D eigenvalue weighted by Crippen LogP contribution is 2.17. The average molecular weight is 407 g/mol. The minimum Gasteiger partial charge on any atom is -0.444 e. The molecule has 1 amide bonds. The van der Waals surface area contributed by atoms with Gasteiger partial charge in [-0.3, -0.25) is 0 Å². The Kier molecular flexibility index (Phi) is 13.8. The summed E-state index contributed by atoms with van der Waals surface area (Å²) < 4.78 is 36.8. The molecule has 0 aliphatic carbocycles. The zero-order chi connectivity index (χ0) is 21.6. The third-order valence-electron chi connectivity index (χ3n) is 3.20. The van der Waals surface area contributed by atoms with Crippen LogP contribution in [-0.2, 0) is 33.2 Å². The number of aliphatic hydroxyl groups excluding tert-OH is 1. The molecule has 0 bridgehead atoms. The number of hydrogen-bond donors (Lipinski definition) is 2. The zero-order valence-electron chi connectivity index (χ0n) is 17.4. The molecule has 0 unspecified atom stereocenters. The SMILES string of the molecule is C#C[C@@H](OCOC)[C@H](OCOC)[C@@H](OCOC)[C@H](CO)NC(=O)OC(C)(C)C. The maximum absolute atomic E-state index is 12.2. The molecule has 0 radical (unpaired) electrons. The lowest BCUT2D eigenvalue weighted by molar-refractivity contribution is -0.203. The summed E-state index contributed by atoms with van der Waals surface area (Å²) in [5.41, 5.74) is -0.720. The molecule has 0 aromatic carbocycles. The molecule has 0 aliphatic heterocycles. The third-order valence-corrected chi connectivity index (χ3v) is 3.20. The maximum Gasteiger partial charge on any atom is 0.408 e. The first-order valence-corrected chi connectivity index (χ1v) is 8.62. The summed E-state index contributed by atoms with van der Waals surface area (Å²) >= 11 is 0. The highest BCUT2D eigenvalue weighted by molar-refractivity contribution is 5.68. The van der Waals surface area contributed by atoms with Crippen LogP contribution in [0.3, 0.4) is 0 Å². The van der Waals surface area contributed by atoms with E-state index in [1.54, 1.807) is 20.8 Å². The van der Waals surface area contributed by atoms with Crippen LogP contribution in [0.2, 0.25) is 0 Å². The summed E-state index contributed by atoms with van der Waals surface area (Å²) in [4.78, 5) is 12.2. The van der Waals surface area contributed by atoms with Crippen molar-refractivity contribution in [2.45, 2.75) is 50.7 Å². The quantitative estimate of drug-likeness (QED) is 0.313. The summed E-state index contributed by atoms with van der Waals surface area (Å²) in [6.45, 7) is 4.30. The second-order valence-electron chi connectivity index (χ2n) is 6.67. The van der Waals surface area contributed by atoms with Gasteiger partial charge in [-0.05, 0) is 20.8 Å². The van der Waals surface area contributed by atoms with Crippen LogP contribution in [-0.4, -0.2) is 89.5 Å². The molecular formula is C18H33NO9. The predicted octanol–water partition coefficient (Wildman–Crippen LogP) is 0.473. The second-order valence-corrected chi connectivity index (χ2v) is 6.67. The van der Waals surface area contributed by atoms with E-state index in [9.17, 15) is 9.90 Å². The van der Waals surface area contributed by atoms with Crippen molar-refractivity contribution < 1.29 is 43.1 Å². The predicted molar refractivity (Wildman–Crippen MR) is 99.3 cm³/mol. The van der Waals surface area contributed by atoms with Crippen LogP contribution in [0.5, 0.6) is 0 Å². The van der Waals surface area contributed by atoms with Crippen molar-refractivity contribution in [3.05, 3.63) is 0 Å².